The molecule has 1 aliphatic rings. The molecule has 154 valence electrons. The number of para-hydroxylation sites is 1. The van der Waals surface area contributed by atoms with E-state index in [1.807, 2.05) is 12.1 Å². The molecule has 0 saturated heterocycles. The van der Waals surface area contributed by atoms with Crippen LogP contribution in [-0.4, -0.2) is 59.0 Å². The molecule has 0 radical (unpaired) electrons. The average Bonchev–Trinajstić information content (AvgIpc) is 2.78. The minimum atomic E-state index is -1.12. The summed E-state index contributed by atoms with van der Waals surface area (Å²) in [4.78, 5) is 37.9. The predicted molar refractivity (Wildman–Crippen MR) is 108 cm³/mol. The Bertz CT molecular complexity index is 700. The minimum Gasteiger partial charge on any atom is -0.480 e. The lowest BCUT2D eigenvalue weighted by atomic mass is 10.1. The summed E-state index contributed by atoms with van der Waals surface area (Å²) in [6, 6.07) is 5.47. The predicted octanol–water partition coefficient (Wildman–Crippen LogP) is 1.53. The van der Waals surface area contributed by atoms with Gasteiger partial charge < -0.3 is 15.9 Å². The van der Waals surface area contributed by atoms with Crippen molar-refractivity contribution >= 4 is 35.3 Å². The molecule has 0 aliphatic carbocycles. The number of carbonyl (C=O) groups is 3. The maximum atomic E-state index is 13.0. The van der Waals surface area contributed by atoms with Gasteiger partial charge in [-0.15, -0.1) is 11.8 Å². The van der Waals surface area contributed by atoms with Crippen molar-refractivity contribution in [2.24, 2.45) is 5.73 Å². The number of nitrogens with two attached hydrogens (primary N) is 1. The molecule has 0 spiro atoms. The monoisotopic (exact) mass is 409 g/mol. The maximum absolute atomic E-state index is 13.0. The zero-order chi connectivity index (χ0) is 20.5. The lowest BCUT2D eigenvalue weighted by molar-refractivity contribution is -0.140. The molecular weight excluding hydrogens is 382 g/mol. The molecule has 2 atom stereocenters. The van der Waals surface area contributed by atoms with Gasteiger partial charge in [0.15, 0.2) is 0 Å². The van der Waals surface area contributed by atoms with E-state index < -0.39 is 36.5 Å². The Morgan fingerprint density at radius 2 is 1.93 bits per heavy atom. The largest absolute Gasteiger partial charge is 0.480 e. The molecule has 1 aliphatic heterocycles. The highest BCUT2D eigenvalue weighted by atomic mass is 32.2. The molecule has 9 heteroatoms. The number of unbranched alkanes of at least 4 members (excludes halogenated alkanes) is 3. The number of nitrogens with one attached hydrogen (secondary N) is 1. The van der Waals surface area contributed by atoms with Crippen molar-refractivity contribution in [3.63, 3.8) is 0 Å². The van der Waals surface area contributed by atoms with Crippen molar-refractivity contribution in [3.8, 4) is 0 Å². The standard InChI is InChI=1S/C19H27N3O5S/c20-10-6-2-1-3-7-13(19(26)27)21-14-12-28-16-9-5-4-8-15(16)22(18(14)25)11-17(23)24/h4-5,8-9,13-14,21H,1-3,6-7,10-12,20H2,(H,23,24)(H,26,27)/t13-,14?/m0/s1. The van der Waals surface area contributed by atoms with E-state index in [0.717, 1.165) is 30.6 Å². The first-order valence-corrected chi connectivity index (χ1v) is 10.4. The first-order valence-electron chi connectivity index (χ1n) is 9.38. The molecule has 1 aromatic rings. The van der Waals surface area contributed by atoms with Gasteiger partial charge >= 0.3 is 11.9 Å². The van der Waals surface area contributed by atoms with Crippen LogP contribution in [0.2, 0.25) is 0 Å². The van der Waals surface area contributed by atoms with E-state index in [1.165, 1.54) is 16.7 Å². The molecule has 0 bridgehead atoms. The van der Waals surface area contributed by atoms with Gasteiger partial charge in [-0.2, -0.15) is 0 Å². The topological polar surface area (TPSA) is 133 Å². The third-order valence-corrected chi connectivity index (χ3v) is 5.72. The van der Waals surface area contributed by atoms with Gasteiger partial charge in [-0.25, -0.2) is 0 Å². The maximum Gasteiger partial charge on any atom is 0.323 e. The number of anilines is 1. The number of hydrogen-bond donors (Lipinski definition) is 4. The molecule has 2 rings (SSSR count). The number of hydrogen-bond acceptors (Lipinski definition) is 6. The van der Waals surface area contributed by atoms with Crippen LogP contribution in [0, 0.1) is 0 Å². The van der Waals surface area contributed by atoms with Gasteiger partial charge in [0.2, 0.25) is 5.91 Å². The summed E-state index contributed by atoms with van der Waals surface area (Å²) in [5.41, 5.74) is 6.00. The van der Waals surface area contributed by atoms with Crippen molar-refractivity contribution in [2.45, 2.75) is 49.1 Å². The van der Waals surface area contributed by atoms with Crippen molar-refractivity contribution in [1.82, 2.24) is 5.32 Å². The normalized spacial score (nSPS) is 17.7. The fraction of sp³-hybridized carbons (Fsp3) is 0.526. The Morgan fingerprint density at radius 3 is 2.61 bits per heavy atom. The van der Waals surface area contributed by atoms with E-state index in [9.17, 15) is 24.6 Å². The summed E-state index contributed by atoms with van der Waals surface area (Å²) in [5, 5.41) is 21.7. The third-order valence-electron chi connectivity index (χ3n) is 4.57. The Balaban J connectivity index is 2.10. The highest BCUT2D eigenvalue weighted by Gasteiger charge is 2.34. The van der Waals surface area contributed by atoms with Crippen molar-refractivity contribution in [2.75, 3.05) is 23.7 Å². The number of thioether (sulfide) groups is 1. The number of benzene rings is 1. The zero-order valence-electron chi connectivity index (χ0n) is 15.7. The molecule has 8 nitrogen and oxygen atoms in total. The lowest BCUT2D eigenvalue weighted by Crippen LogP contribution is -2.53. The van der Waals surface area contributed by atoms with Crippen molar-refractivity contribution in [3.05, 3.63) is 24.3 Å². The molecule has 1 amide bonds. The summed E-state index contributed by atoms with van der Waals surface area (Å²) >= 11 is 1.42. The van der Waals surface area contributed by atoms with Crippen LogP contribution in [0.1, 0.15) is 32.1 Å². The summed E-state index contributed by atoms with van der Waals surface area (Å²) in [6.07, 6.45) is 3.86. The number of carboxylic acid groups (broad SMARTS) is 2. The van der Waals surface area contributed by atoms with Crippen LogP contribution in [0.25, 0.3) is 0 Å². The average molecular weight is 410 g/mol. The smallest absolute Gasteiger partial charge is 0.323 e. The number of fused-ring (bicyclic) bond motifs is 1. The number of amides is 1. The van der Waals surface area contributed by atoms with Crippen LogP contribution in [0.3, 0.4) is 0 Å². The first kappa shape index (κ1) is 22.2. The molecular formula is C19H27N3O5S. The summed E-state index contributed by atoms with van der Waals surface area (Å²) in [7, 11) is 0. The Kier molecular flexibility index (Phi) is 8.75. The first-order chi connectivity index (χ1) is 13.4. The fourth-order valence-electron chi connectivity index (χ4n) is 3.14. The highest BCUT2D eigenvalue weighted by Crippen LogP contribution is 2.34. The fourth-order valence-corrected chi connectivity index (χ4v) is 4.22. The van der Waals surface area contributed by atoms with E-state index in [0.29, 0.717) is 24.4 Å². The van der Waals surface area contributed by atoms with Gasteiger partial charge in [-0.05, 0) is 31.5 Å². The quantitative estimate of drug-likeness (QED) is 0.405. The Labute approximate surface area is 168 Å². The minimum absolute atomic E-state index is 0.336. The van der Waals surface area contributed by atoms with Crippen LogP contribution in [0.5, 0.6) is 0 Å². The lowest BCUT2D eigenvalue weighted by Gasteiger charge is -2.26. The molecule has 5 N–H and O–H groups in total. The van der Waals surface area contributed by atoms with Gasteiger partial charge in [0.25, 0.3) is 0 Å². The van der Waals surface area contributed by atoms with Gasteiger partial charge in [0, 0.05) is 10.6 Å². The van der Waals surface area contributed by atoms with Gasteiger partial charge in [0.1, 0.15) is 12.6 Å². The number of carbonyl (C=O) groups excluding carboxylic acids is 1. The molecule has 0 saturated carbocycles. The van der Waals surface area contributed by atoms with Crippen LogP contribution in [-0.2, 0) is 14.4 Å². The second-order valence-electron chi connectivity index (χ2n) is 6.70. The second-order valence-corrected chi connectivity index (χ2v) is 7.76. The molecule has 0 aromatic heterocycles. The molecule has 1 unspecified atom stereocenters. The van der Waals surface area contributed by atoms with Gasteiger partial charge in [-0.3, -0.25) is 24.6 Å². The van der Waals surface area contributed by atoms with Gasteiger partial charge in [-0.1, -0.05) is 31.4 Å². The van der Waals surface area contributed by atoms with Crippen LogP contribution in [0.15, 0.2) is 29.2 Å². The van der Waals surface area contributed by atoms with E-state index in [1.54, 1.807) is 12.1 Å². The molecule has 0 fully saturated rings. The number of aliphatic carboxylic acids is 2. The Hall–Kier alpha value is -2.10. The zero-order valence-corrected chi connectivity index (χ0v) is 16.5. The van der Waals surface area contributed by atoms with E-state index >= 15 is 0 Å². The second kappa shape index (κ2) is 11.0. The molecule has 28 heavy (non-hydrogen) atoms. The van der Waals surface area contributed by atoms with E-state index in [2.05, 4.69) is 5.32 Å². The highest BCUT2D eigenvalue weighted by molar-refractivity contribution is 7.99. The van der Waals surface area contributed by atoms with E-state index in [-0.39, 0.29) is 0 Å². The summed E-state index contributed by atoms with van der Waals surface area (Å²) < 4.78 is 0. The number of carboxylic acids is 2. The summed E-state index contributed by atoms with van der Waals surface area (Å²) in [6.45, 7) is 0.153. The Morgan fingerprint density at radius 1 is 1.21 bits per heavy atom. The van der Waals surface area contributed by atoms with Crippen LogP contribution in [0.4, 0.5) is 5.69 Å². The van der Waals surface area contributed by atoms with Crippen molar-refractivity contribution in [1.29, 1.82) is 0 Å². The van der Waals surface area contributed by atoms with Crippen molar-refractivity contribution < 1.29 is 24.6 Å². The number of rotatable bonds is 11. The van der Waals surface area contributed by atoms with Crippen LogP contribution < -0.4 is 16.0 Å². The molecule has 1 aromatic carbocycles. The molecule has 1 heterocycles. The van der Waals surface area contributed by atoms with Gasteiger partial charge in [0.05, 0.1) is 11.7 Å². The number of nitrogens with zero attached hydrogens (tertiary/aromatic N) is 1. The SMILES string of the molecule is NCCCCCC[C@H](NC1CSc2ccccc2N(CC(=O)O)C1=O)C(=O)O. The summed E-state index contributed by atoms with van der Waals surface area (Å²) in [5.74, 6) is -2.22. The van der Waals surface area contributed by atoms with E-state index in [4.69, 9.17) is 5.73 Å². The van der Waals surface area contributed by atoms with Crippen LogP contribution >= 0.6 is 11.8 Å². The third kappa shape index (κ3) is 6.22.